The molecule has 0 unspecified atom stereocenters. The van der Waals surface area contributed by atoms with Crippen LogP contribution in [0.1, 0.15) is 396 Å². The molecule has 0 aliphatic heterocycles. The maximum Gasteiger partial charge on any atom is 0.412 e. The number of hydrogen-bond acceptors (Lipinski definition) is 14. The maximum atomic E-state index is 15.4. The van der Waals surface area contributed by atoms with Crippen molar-refractivity contribution in [3.8, 4) is 46.0 Å². The highest BCUT2D eigenvalue weighted by atomic mass is 16.6. The molecule has 0 heterocycles. The number of allylic oxidation sites excluding steroid dienone is 4. The Hall–Kier alpha value is -10.2. The largest absolute Gasteiger partial charge is 0.493 e. The van der Waals surface area contributed by atoms with Crippen molar-refractivity contribution >= 4 is 58.4 Å². The van der Waals surface area contributed by atoms with Crippen LogP contribution in [0.25, 0.3) is 0 Å². The standard InChI is InChI=1S/C116H174N6O14/c1-15-23-31-35-39-43-47-51-59-63-127-103-83-101(84-104(87-103)128-64-60-52-48-44-40-36-32-24-16-2)119-111(123)117-97-75-89-71-90-76-98(118-112(124)120-102-85-105(129-65-61-53-49-45-41-37-33-25-17-3)88-106(86-102)130-66-62-54-50-46-42-38-34-26-18-4)78-92(108(90)132-68-56-28-20-6)73-94-80-100(122-114(126)136-116(12,13)14)82-96(110(94)134-70-58-30-22-8)74-95-81-99(121-113(125)135-115(9,10)11)79-93(109(95)133-69-57-29-21-7)72-91(77-97)107(89)131-67-55-27-19-5/h15-18,75-88H,1-4,19-74H2,5-14H3,(H,121,125)(H,122,126)(H2,117,119,123)(H2,118,120,124). The van der Waals surface area contributed by atoms with Gasteiger partial charge in [0.25, 0.3) is 0 Å². The third kappa shape index (κ3) is 46.7. The number of urea groups is 2. The van der Waals surface area contributed by atoms with Gasteiger partial charge in [-0.1, -0.05) is 232 Å². The lowest BCUT2D eigenvalue weighted by Gasteiger charge is -2.25. The fourth-order valence-electron chi connectivity index (χ4n) is 16.9. The molecule has 0 spiro atoms. The van der Waals surface area contributed by atoms with Gasteiger partial charge < -0.3 is 68.6 Å². The van der Waals surface area contributed by atoms with E-state index in [9.17, 15) is 9.59 Å². The Morgan fingerprint density at radius 1 is 0.243 bits per heavy atom. The predicted molar refractivity (Wildman–Crippen MR) is 565 cm³/mol. The quantitative estimate of drug-likeness (QED) is 0.0154. The van der Waals surface area contributed by atoms with Crippen molar-refractivity contribution < 1.29 is 66.5 Å². The zero-order chi connectivity index (χ0) is 97.7. The van der Waals surface area contributed by atoms with Crippen molar-refractivity contribution in [2.24, 2.45) is 0 Å². The number of carbonyl (C=O) groups excluding carboxylic acids is 4. The molecule has 0 radical (unpaired) electrons. The van der Waals surface area contributed by atoms with Crippen molar-refractivity contribution in [2.45, 2.75) is 389 Å². The van der Waals surface area contributed by atoms with E-state index in [1.165, 1.54) is 103 Å². The Balaban J connectivity index is 1.46. The Morgan fingerprint density at radius 2 is 0.419 bits per heavy atom. The molecule has 1 aliphatic rings. The maximum absolute atomic E-state index is 15.4. The first-order valence-electron chi connectivity index (χ1n) is 52.6. The van der Waals surface area contributed by atoms with E-state index in [-0.39, 0.29) is 25.7 Å². The van der Waals surface area contributed by atoms with Gasteiger partial charge in [-0.05, 0) is 193 Å². The SMILES string of the molecule is C=CCCCCCCCCCOc1cc(NC(=O)Nc2cc3c(OCCCCC)c(c2)Cc2cc(NC(=O)OC(C)(C)C)cc(c2OCCCCC)Cc2cc(NC(=O)OC(C)(C)C)cc(c2OCCCCC)Cc2cc(NC(=O)Nc4cc(OCCCCCCCCCC=C)cc(OCCCCCCCCCC=C)c4)cc(c2OCCCCC)C3)cc(OCCCCCCCCCC=C)c1. The summed E-state index contributed by atoms with van der Waals surface area (Å²) in [5.74, 6) is 4.72. The zero-order valence-corrected chi connectivity index (χ0v) is 85.5. The van der Waals surface area contributed by atoms with E-state index in [1.54, 1.807) is 0 Å². The summed E-state index contributed by atoms with van der Waals surface area (Å²) in [6.07, 6.45) is 53.3. The van der Waals surface area contributed by atoms with Gasteiger partial charge in [0, 0.05) is 141 Å². The summed E-state index contributed by atoms with van der Waals surface area (Å²) in [4.78, 5) is 59.6. The highest BCUT2D eigenvalue weighted by molar-refractivity contribution is 6.01. The third-order valence-corrected chi connectivity index (χ3v) is 23.8. The van der Waals surface area contributed by atoms with Crippen molar-refractivity contribution in [2.75, 3.05) is 84.8 Å². The van der Waals surface area contributed by atoms with Crippen LogP contribution < -0.4 is 69.8 Å². The summed E-state index contributed by atoms with van der Waals surface area (Å²) in [6.45, 7) is 38.8. The number of ether oxygens (including phenoxy) is 10. The van der Waals surface area contributed by atoms with Crippen LogP contribution in [0.4, 0.5) is 53.3 Å². The molecule has 0 atom stereocenters. The van der Waals surface area contributed by atoms with Gasteiger partial charge in [0.1, 0.15) is 57.2 Å². The molecule has 6 aromatic rings. The number of anilines is 6. The van der Waals surface area contributed by atoms with Gasteiger partial charge in [-0.25, -0.2) is 19.2 Å². The second-order valence-corrected chi connectivity index (χ2v) is 38.8. The topological polar surface area (TPSA) is 233 Å². The first kappa shape index (κ1) is 113. The van der Waals surface area contributed by atoms with Gasteiger partial charge >= 0.3 is 24.2 Å². The first-order chi connectivity index (χ1) is 66.0. The molecule has 0 aromatic heterocycles. The van der Waals surface area contributed by atoms with Gasteiger partial charge in [0.15, 0.2) is 0 Å². The number of unbranched alkanes of at least 4 members (excludes halogenated alkanes) is 36. The number of nitrogens with one attached hydrogen (secondary N) is 6. The molecule has 752 valence electrons. The Morgan fingerprint density at radius 3 is 0.618 bits per heavy atom. The van der Waals surface area contributed by atoms with E-state index in [0.717, 1.165) is 180 Å². The van der Waals surface area contributed by atoms with Gasteiger partial charge in [-0.15, -0.1) is 26.3 Å². The van der Waals surface area contributed by atoms with Crippen LogP contribution >= 0.6 is 0 Å². The number of amides is 6. The summed E-state index contributed by atoms with van der Waals surface area (Å²) in [7, 11) is 0. The second-order valence-electron chi connectivity index (χ2n) is 38.8. The molecule has 8 bridgehead atoms. The zero-order valence-electron chi connectivity index (χ0n) is 85.5. The van der Waals surface area contributed by atoms with Crippen molar-refractivity contribution in [1.29, 1.82) is 0 Å². The van der Waals surface area contributed by atoms with Crippen LogP contribution in [0, 0.1) is 0 Å². The second kappa shape index (κ2) is 66.3. The Kier molecular flexibility index (Phi) is 55.0. The molecule has 7 rings (SSSR count). The minimum atomic E-state index is -0.841. The summed E-state index contributed by atoms with van der Waals surface area (Å²) in [5, 5.41) is 19.4. The molecule has 20 heteroatoms. The summed E-state index contributed by atoms with van der Waals surface area (Å²) < 4.78 is 67.4. The molecule has 6 N–H and O–H groups in total. The van der Waals surface area contributed by atoms with E-state index in [1.807, 2.05) is 151 Å². The summed E-state index contributed by atoms with van der Waals surface area (Å²) >= 11 is 0. The first-order valence-corrected chi connectivity index (χ1v) is 52.6. The third-order valence-electron chi connectivity index (χ3n) is 23.8. The fourth-order valence-corrected chi connectivity index (χ4v) is 16.9. The number of fused-ring (bicyclic) bond motifs is 8. The van der Waals surface area contributed by atoms with E-state index >= 15 is 9.59 Å². The number of hydrogen-bond donors (Lipinski definition) is 6. The van der Waals surface area contributed by atoms with Crippen LogP contribution in [0.2, 0.25) is 0 Å². The van der Waals surface area contributed by atoms with Crippen molar-refractivity contribution in [3.05, 3.63) is 180 Å². The Labute approximate surface area is 819 Å². The molecule has 136 heavy (non-hydrogen) atoms. The van der Waals surface area contributed by atoms with E-state index in [4.69, 9.17) is 47.4 Å². The van der Waals surface area contributed by atoms with Gasteiger partial charge in [-0.2, -0.15) is 0 Å². The van der Waals surface area contributed by atoms with Gasteiger partial charge in [-0.3, -0.25) is 10.6 Å². The minimum absolute atomic E-state index is 0.148. The van der Waals surface area contributed by atoms with Crippen molar-refractivity contribution in [1.82, 2.24) is 0 Å². The lowest BCUT2D eigenvalue weighted by atomic mass is 9.90. The normalized spacial score (nSPS) is 11.8. The van der Waals surface area contributed by atoms with Gasteiger partial charge in [0.2, 0.25) is 0 Å². The molecule has 6 aromatic carbocycles. The lowest BCUT2D eigenvalue weighted by Crippen LogP contribution is -2.27. The average molecular weight is 1880 g/mol. The van der Waals surface area contributed by atoms with Crippen LogP contribution in [0.5, 0.6) is 46.0 Å². The fraction of sp³-hybridized carbons (Fsp3) is 0.586. The number of benzene rings is 6. The molecular weight excluding hydrogens is 1700 g/mol. The van der Waals surface area contributed by atoms with Gasteiger partial charge in [0.05, 0.1) is 52.9 Å². The van der Waals surface area contributed by atoms with Crippen LogP contribution in [0.3, 0.4) is 0 Å². The molecule has 1 aliphatic carbocycles. The van der Waals surface area contributed by atoms with E-state index < -0.39 is 35.5 Å². The minimum Gasteiger partial charge on any atom is -0.493 e. The van der Waals surface area contributed by atoms with Crippen molar-refractivity contribution in [3.63, 3.8) is 0 Å². The molecule has 0 saturated heterocycles. The predicted octanol–water partition coefficient (Wildman–Crippen LogP) is 33.4. The molecular formula is C116H174N6O14. The number of carbonyl (C=O) groups is 4. The summed E-state index contributed by atoms with van der Waals surface area (Å²) in [5.41, 5.74) is 6.76. The highest BCUT2D eigenvalue weighted by Crippen LogP contribution is 2.45. The smallest absolute Gasteiger partial charge is 0.412 e. The van der Waals surface area contributed by atoms with Crippen LogP contribution in [0.15, 0.2) is 136 Å². The van der Waals surface area contributed by atoms with E-state index in [0.29, 0.717) is 177 Å². The average Bonchev–Trinajstić information content (AvgIpc) is 0.768. The molecule has 0 saturated carbocycles. The lowest BCUT2D eigenvalue weighted by molar-refractivity contribution is 0.0624. The number of rotatable bonds is 70. The highest BCUT2D eigenvalue weighted by Gasteiger charge is 2.29. The Bertz CT molecular complexity index is 4130. The molecule has 6 amide bonds. The van der Waals surface area contributed by atoms with Crippen LogP contribution in [-0.2, 0) is 35.2 Å². The molecule has 0 fully saturated rings. The van der Waals surface area contributed by atoms with E-state index in [2.05, 4.69) is 85.9 Å². The van der Waals surface area contributed by atoms with Crippen LogP contribution in [-0.4, -0.2) is 88.3 Å². The molecule has 20 nitrogen and oxygen atoms in total. The summed E-state index contributed by atoms with van der Waals surface area (Å²) in [6, 6.07) is 26.0. The monoisotopic (exact) mass is 1880 g/mol.